The molecule has 1 aromatic rings. The highest BCUT2D eigenvalue weighted by molar-refractivity contribution is 5.83. The van der Waals surface area contributed by atoms with E-state index in [1.807, 2.05) is 36.5 Å². The molecule has 2 aliphatic rings. The zero-order chi connectivity index (χ0) is 14.7. The molecule has 3 rings (SSSR count). The number of Topliss-reactive ketones (excluding diaryl/α,β-unsaturated/α-hetero) is 1. The number of allylic oxidation sites excluding steroid dienone is 2. The van der Waals surface area contributed by atoms with Crippen LogP contribution in [0.2, 0.25) is 0 Å². The summed E-state index contributed by atoms with van der Waals surface area (Å²) in [6, 6.07) is 5.99. The minimum absolute atomic E-state index is 0.157. The molecule has 1 aliphatic heterocycles. The van der Waals surface area contributed by atoms with Gasteiger partial charge in [-0.3, -0.25) is 14.7 Å². The van der Waals surface area contributed by atoms with Gasteiger partial charge in [-0.1, -0.05) is 36.8 Å². The van der Waals surface area contributed by atoms with Crippen molar-refractivity contribution in [1.82, 2.24) is 9.88 Å². The highest BCUT2D eigenvalue weighted by atomic mass is 16.1. The minimum Gasteiger partial charge on any atom is -0.299 e. The maximum atomic E-state index is 12.3. The van der Waals surface area contributed by atoms with Crippen LogP contribution in [0.1, 0.15) is 31.9 Å². The molecular formula is C18H22N2O. The van der Waals surface area contributed by atoms with Crippen LogP contribution in [0.5, 0.6) is 0 Å². The first-order valence-electron chi connectivity index (χ1n) is 7.78. The molecule has 0 radical (unpaired) electrons. The minimum atomic E-state index is -0.414. The van der Waals surface area contributed by atoms with Gasteiger partial charge in [-0.2, -0.15) is 0 Å². The molecule has 1 aliphatic carbocycles. The zero-order valence-corrected chi connectivity index (χ0v) is 12.5. The van der Waals surface area contributed by atoms with Gasteiger partial charge in [-0.25, -0.2) is 0 Å². The van der Waals surface area contributed by atoms with Crippen molar-refractivity contribution in [3.63, 3.8) is 0 Å². The molecule has 0 amide bonds. The second kappa shape index (κ2) is 5.94. The monoisotopic (exact) mass is 282 g/mol. The van der Waals surface area contributed by atoms with E-state index in [1.54, 1.807) is 6.92 Å². The number of aromatic nitrogens is 1. The Kier molecular flexibility index (Phi) is 4.02. The summed E-state index contributed by atoms with van der Waals surface area (Å²) >= 11 is 0. The van der Waals surface area contributed by atoms with Gasteiger partial charge in [-0.15, -0.1) is 0 Å². The Morgan fingerprint density at radius 3 is 2.71 bits per heavy atom. The van der Waals surface area contributed by atoms with Gasteiger partial charge in [0.05, 0.1) is 17.2 Å². The number of pyridine rings is 1. The first kappa shape index (κ1) is 14.2. The molecule has 0 N–H and O–H groups in total. The molecule has 21 heavy (non-hydrogen) atoms. The number of likely N-dealkylation sites (tertiary alicyclic amines) is 1. The lowest BCUT2D eigenvalue weighted by Crippen LogP contribution is -2.54. The van der Waals surface area contributed by atoms with Crippen LogP contribution in [0.25, 0.3) is 0 Å². The van der Waals surface area contributed by atoms with Crippen molar-refractivity contribution in [3.8, 4) is 0 Å². The van der Waals surface area contributed by atoms with E-state index in [4.69, 9.17) is 0 Å². The van der Waals surface area contributed by atoms with Crippen LogP contribution in [-0.2, 0) is 10.3 Å². The van der Waals surface area contributed by atoms with E-state index < -0.39 is 5.54 Å². The Morgan fingerprint density at radius 2 is 2.05 bits per heavy atom. The average Bonchev–Trinajstić information content (AvgIpc) is 2.56. The fourth-order valence-electron chi connectivity index (χ4n) is 3.65. The first-order valence-corrected chi connectivity index (χ1v) is 7.78. The van der Waals surface area contributed by atoms with Crippen molar-refractivity contribution >= 4 is 5.78 Å². The van der Waals surface area contributed by atoms with E-state index in [0.29, 0.717) is 0 Å². The number of hydrogen-bond donors (Lipinski definition) is 0. The Balaban J connectivity index is 2.11. The van der Waals surface area contributed by atoms with Crippen LogP contribution >= 0.6 is 0 Å². The quantitative estimate of drug-likeness (QED) is 0.854. The largest absolute Gasteiger partial charge is 0.299 e. The maximum Gasteiger partial charge on any atom is 0.139 e. The van der Waals surface area contributed by atoms with E-state index in [9.17, 15) is 4.79 Å². The molecule has 1 fully saturated rings. The number of hydrogen-bond acceptors (Lipinski definition) is 3. The van der Waals surface area contributed by atoms with E-state index in [0.717, 1.165) is 18.8 Å². The molecule has 0 spiro atoms. The fraction of sp³-hybridized carbons (Fsp3) is 0.444. The SMILES string of the molecule is CC(=O)C1C=CC=CC1(c1ccccn1)N1CCCCC1. The first-order chi connectivity index (χ1) is 10.2. The van der Waals surface area contributed by atoms with Gasteiger partial charge in [0.1, 0.15) is 5.78 Å². The third kappa shape index (κ3) is 2.46. The summed E-state index contributed by atoms with van der Waals surface area (Å²) in [4.78, 5) is 19.3. The third-order valence-corrected chi connectivity index (χ3v) is 4.63. The molecule has 0 bridgehead atoms. The van der Waals surface area contributed by atoms with Crippen LogP contribution in [0, 0.1) is 5.92 Å². The van der Waals surface area contributed by atoms with Gasteiger partial charge in [0.15, 0.2) is 0 Å². The Bertz CT molecular complexity index is 558. The van der Waals surface area contributed by atoms with E-state index in [1.165, 1.54) is 19.3 Å². The van der Waals surface area contributed by atoms with Gasteiger partial charge in [0, 0.05) is 6.20 Å². The maximum absolute atomic E-state index is 12.3. The predicted octanol–water partition coefficient (Wildman–Crippen LogP) is 3.09. The van der Waals surface area contributed by atoms with Crippen molar-refractivity contribution in [2.45, 2.75) is 31.7 Å². The summed E-state index contributed by atoms with van der Waals surface area (Å²) in [5, 5.41) is 0. The average molecular weight is 282 g/mol. The summed E-state index contributed by atoms with van der Waals surface area (Å²) in [5.41, 5.74) is 0.565. The summed E-state index contributed by atoms with van der Waals surface area (Å²) in [7, 11) is 0. The normalized spacial score (nSPS) is 29.5. The number of carbonyl (C=O) groups excluding carboxylic acids is 1. The molecule has 1 saturated heterocycles. The third-order valence-electron chi connectivity index (χ3n) is 4.63. The molecule has 0 aromatic carbocycles. The predicted molar refractivity (Wildman–Crippen MR) is 83.8 cm³/mol. The van der Waals surface area contributed by atoms with E-state index in [-0.39, 0.29) is 11.7 Å². The van der Waals surface area contributed by atoms with Crippen LogP contribution < -0.4 is 0 Å². The van der Waals surface area contributed by atoms with Crippen molar-refractivity contribution in [3.05, 3.63) is 54.4 Å². The van der Waals surface area contributed by atoms with Crippen LogP contribution in [0.4, 0.5) is 0 Å². The molecule has 2 unspecified atom stereocenters. The molecule has 110 valence electrons. The Hall–Kier alpha value is -1.74. The number of piperidine rings is 1. The summed E-state index contributed by atoms with van der Waals surface area (Å²) in [6.07, 6.45) is 13.7. The van der Waals surface area contributed by atoms with Crippen LogP contribution in [0.3, 0.4) is 0 Å². The van der Waals surface area contributed by atoms with Gasteiger partial charge in [0.2, 0.25) is 0 Å². The van der Waals surface area contributed by atoms with E-state index >= 15 is 0 Å². The summed E-state index contributed by atoms with van der Waals surface area (Å²) in [6.45, 7) is 3.74. The lowest BCUT2D eigenvalue weighted by molar-refractivity contribution is -0.123. The second-order valence-corrected chi connectivity index (χ2v) is 5.92. The van der Waals surface area contributed by atoms with Gasteiger partial charge in [-0.05, 0) is 45.0 Å². The highest BCUT2D eigenvalue weighted by Gasteiger charge is 2.46. The summed E-state index contributed by atoms with van der Waals surface area (Å²) < 4.78 is 0. The molecule has 2 atom stereocenters. The van der Waals surface area contributed by atoms with Crippen molar-refractivity contribution < 1.29 is 4.79 Å². The molecule has 2 heterocycles. The number of ketones is 1. The lowest BCUT2D eigenvalue weighted by Gasteiger charge is -2.47. The van der Waals surface area contributed by atoms with Gasteiger partial charge < -0.3 is 0 Å². The van der Waals surface area contributed by atoms with Crippen molar-refractivity contribution in [1.29, 1.82) is 0 Å². The molecule has 1 aromatic heterocycles. The molecule has 0 saturated carbocycles. The lowest BCUT2D eigenvalue weighted by atomic mass is 9.73. The van der Waals surface area contributed by atoms with Gasteiger partial charge in [0.25, 0.3) is 0 Å². The van der Waals surface area contributed by atoms with Gasteiger partial charge >= 0.3 is 0 Å². The van der Waals surface area contributed by atoms with Crippen LogP contribution in [-0.4, -0.2) is 28.8 Å². The van der Waals surface area contributed by atoms with Crippen LogP contribution in [0.15, 0.2) is 48.7 Å². The number of carbonyl (C=O) groups is 1. The fourth-order valence-corrected chi connectivity index (χ4v) is 3.65. The highest BCUT2D eigenvalue weighted by Crippen LogP contribution is 2.41. The number of nitrogens with zero attached hydrogens (tertiary/aromatic N) is 2. The smallest absolute Gasteiger partial charge is 0.139 e. The zero-order valence-electron chi connectivity index (χ0n) is 12.5. The van der Waals surface area contributed by atoms with Crippen molar-refractivity contribution in [2.24, 2.45) is 5.92 Å². The molecule has 3 nitrogen and oxygen atoms in total. The Labute approximate surface area is 126 Å². The Morgan fingerprint density at radius 1 is 1.24 bits per heavy atom. The summed E-state index contributed by atoms with van der Waals surface area (Å²) in [5.74, 6) is 0.0438. The topological polar surface area (TPSA) is 33.2 Å². The number of rotatable bonds is 3. The second-order valence-electron chi connectivity index (χ2n) is 5.92. The van der Waals surface area contributed by atoms with E-state index in [2.05, 4.69) is 22.0 Å². The molecule has 3 heteroatoms. The van der Waals surface area contributed by atoms with Crippen molar-refractivity contribution in [2.75, 3.05) is 13.1 Å². The molecular weight excluding hydrogens is 260 g/mol. The standard InChI is InChI=1S/C18H22N2O/c1-15(21)16-9-3-5-11-18(16,17-10-4-6-12-19-17)20-13-7-2-8-14-20/h3-6,9-12,16H,2,7-8,13-14H2,1H3.